The molecule has 0 saturated carbocycles. The molecule has 0 spiro atoms. The zero-order chi connectivity index (χ0) is 18.4. The van der Waals surface area contributed by atoms with Gasteiger partial charge in [-0.2, -0.15) is 0 Å². The van der Waals surface area contributed by atoms with Crippen molar-refractivity contribution in [2.24, 2.45) is 0 Å². The summed E-state index contributed by atoms with van der Waals surface area (Å²) in [6.45, 7) is 5.24. The standard InChI is InChI=1S/C21H28N4O/c1-23-12-14-25(15-13-23)17-21(26)24(2)20-10-8-19(9-11-20)22-16-18-6-4-3-5-7-18/h3-11,22H,12-17H2,1-2H3. The van der Waals surface area contributed by atoms with E-state index in [0.717, 1.165) is 44.1 Å². The first-order chi connectivity index (χ1) is 12.6. The highest BCUT2D eigenvalue weighted by atomic mass is 16.2. The SMILES string of the molecule is CN1CCN(CC(=O)N(C)c2ccc(NCc3ccccc3)cc2)CC1. The van der Waals surface area contributed by atoms with Crippen molar-refractivity contribution in [2.75, 3.05) is 57.0 Å². The van der Waals surface area contributed by atoms with Crippen LogP contribution in [-0.2, 0) is 11.3 Å². The molecule has 1 saturated heterocycles. The van der Waals surface area contributed by atoms with E-state index in [4.69, 9.17) is 0 Å². The lowest BCUT2D eigenvalue weighted by molar-refractivity contribution is -0.119. The third-order valence-electron chi connectivity index (χ3n) is 4.92. The van der Waals surface area contributed by atoms with E-state index in [2.05, 4.69) is 34.3 Å². The highest BCUT2D eigenvalue weighted by Crippen LogP contribution is 2.18. The number of nitrogens with one attached hydrogen (secondary N) is 1. The maximum Gasteiger partial charge on any atom is 0.240 e. The number of amides is 1. The van der Waals surface area contributed by atoms with Gasteiger partial charge in [-0.1, -0.05) is 30.3 Å². The molecule has 5 heteroatoms. The molecule has 26 heavy (non-hydrogen) atoms. The van der Waals surface area contributed by atoms with Crippen LogP contribution in [0.4, 0.5) is 11.4 Å². The van der Waals surface area contributed by atoms with Crippen LogP contribution in [0, 0.1) is 0 Å². The monoisotopic (exact) mass is 352 g/mol. The molecule has 5 nitrogen and oxygen atoms in total. The van der Waals surface area contributed by atoms with E-state index in [0.29, 0.717) is 6.54 Å². The highest BCUT2D eigenvalue weighted by molar-refractivity contribution is 5.94. The van der Waals surface area contributed by atoms with Crippen LogP contribution in [0.1, 0.15) is 5.56 Å². The first-order valence-electron chi connectivity index (χ1n) is 9.17. The normalized spacial score (nSPS) is 15.6. The third kappa shape index (κ3) is 5.07. The summed E-state index contributed by atoms with van der Waals surface area (Å²) in [7, 11) is 3.98. The van der Waals surface area contributed by atoms with E-state index in [1.54, 1.807) is 4.90 Å². The van der Waals surface area contributed by atoms with Crippen molar-refractivity contribution in [1.82, 2.24) is 9.80 Å². The first-order valence-corrected chi connectivity index (χ1v) is 9.17. The Morgan fingerprint density at radius 2 is 1.65 bits per heavy atom. The molecule has 0 unspecified atom stereocenters. The van der Waals surface area contributed by atoms with Crippen LogP contribution in [0.2, 0.25) is 0 Å². The minimum atomic E-state index is 0.138. The molecule has 1 N–H and O–H groups in total. The highest BCUT2D eigenvalue weighted by Gasteiger charge is 2.19. The molecule has 0 aliphatic carbocycles. The predicted molar refractivity (Wildman–Crippen MR) is 108 cm³/mol. The van der Waals surface area contributed by atoms with Gasteiger partial charge in [0.2, 0.25) is 5.91 Å². The largest absolute Gasteiger partial charge is 0.381 e. The van der Waals surface area contributed by atoms with Crippen LogP contribution < -0.4 is 10.2 Å². The number of carbonyl (C=O) groups excluding carboxylic acids is 1. The van der Waals surface area contributed by atoms with Gasteiger partial charge in [0.05, 0.1) is 6.54 Å². The van der Waals surface area contributed by atoms with Crippen molar-refractivity contribution in [2.45, 2.75) is 6.54 Å². The maximum absolute atomic E-state index is 12.5. The van der Waals surface area contributed by atoms with Crippen LogP contribution in [0.15, 0.2) is 54.6 Å². The summed E-state index contributed by atoms with van der Waals surface area (Å²) in [4.78, 5) is 18.8. The minimum Gasteiger partial charge on any atom is -0.381 e. The first kappa shape index (κ1) is 18.4. The van der Waals surface area contributed by atoms with Crippen LogP contribution >= 0.6 is 0 Å². The summed E-state index contributed by atoms with van der Waals surface area (Å²) in [5, 5.41) is 3.41. The van der Waals surface area contributed by atoms with Gasteiger partial charge >= 0.3 is 0 Å². The molecule has 138 valence electrons. The Labute approximate surface area is 156 Å². The van der Waals surface area contributed by atoms with E-state index >= 15 is 0 Å². The molecular weight excluding hydrogens is 324 g/mol. The van der Waals surface area contributed by atoms with Gasteiger partial charge in [-0.05, 0) is 36.9 Å². The Kier molecular flexibility index (Phi) is 6.26. The van der Waals surface area contributed by atoms with Gasteiger partial charge in [-0.15, -0.1) is 0 Å². The Morgan fingerprint density at radius 3 is 2.31 bits per heavy atom. The zero-order valence-electron chi connectivity index (χ0n) is 15.7. The summed E-state index contributed by atoms with van der Waals surface area (Å²) < 4.78 is 0. The molecule has 0 radical (unpaired) electrons. The number of nitrogens with zero attached hydrogens (tertiary/aromatic N) is 3. The van der Waals surface area contributed by atoms with Crippen molar-refractivity contribution in [3.8, 4) is 0 Å². The topological polar surface area (TPSA) is 38.8 Å². The number of rotatable bonds is 6. The minimum absolute atomic E-state index is 0.138. The van der Waals surface area contributed by atoms with Crippen molar-refractivity contribution in [3.63, 3.8) is 0 Å². The summed E-state index contributed by atoms with van der Waals surface area (Å²) in [6, 6.07) is 18.4. The van der Waals surface area contributed by atoms with Gasteiger partial charge in [0.25, 0.3) is 0 Å². The molecule has 1 amide bonds. The number of hydrogen-bond acceptors (Lipinski definition) is 4. The number of benzene rings is 2. The summed E-state index contributed by atoms with van der Waals surface area (Å²) in [5.41, 5.74) is 3.22. The number of hydrogen-bond donors (Lipinski definition) is 1. The van der Waals surface area contributed by atoms with Crippen LogP contribution in [-0.4, -0.2) is 62.5 Å². The van der Waals surface area contributed by atoms with Crippen LogP contribution in [0.25, 0.3) is 0 Å². The molecule has 1 fully saturated rings. The van der Waals surface area contributed by atoms with Gasteiger partial charge in [-0.3, -0.25) is 9.69 Å². The molecule has 0 aromatic heterocycles. The van der Waals surface area contributed by atoms with Crippen LogP contribution in [0.3, 0.4) is 0 Å². The fourth-order valence-corrected chi connectivity index (χ4v) is 3.05. The average Bonchev–Trinajstić information content (AvgIpc) is 2.69. The number of likely N-dealkylation sites (N-methyl/N-ethyl adjacent to an activating group) is 2. The smallest absolute Gasteiger partial charge is 0.240 e. The second-order valence-corrected chi connectivity index (χ2v) is 6.92. The number of carbonyl (C=O) groups is 1. The molecule has 1 aliphatic heterocycles. The lowest BCUT2D eigenvalue weighted by Gasteiger charge is -2.32. The van der Waals surface area contributed by atoms with E-state index in [1.165, 1.54) is 5.56 Å². The van der Waals surface area contributed by atoms with Crippen molar-refractivity contribution < 1.29 is 4.79 Å². The van der Waals surface area contributed by atoms with Gasteiger partial charge in [0, 0.05) is 51.1 Å². The van der Waals surface area contributed by atoms with Crippen molar-refractivity contribution in [3.05, 3.63) is 60.2 Å². The second-order valence-electron chi connectivity index (χ2n) is 6.92. The third-order valence-corrected chi connectivity index (χ3v) is 4.92. The molecule has 0 atom stereocenters. The maximum atomic E-state index is 12.5. The zero-order valence-corrected chi connectivity index (χ0v) is 15.7. The fourth-order valence-electron chi connectivity index (χ4n) is 3.05. The van der Waals surface area contributed by atoms with Crippen molar-refractivity contribution >= 4 is 17.3 Å². The van der Waals surface area contributed by atoms with Crippen molar-refractivity contribution in [1.29, 1.82) is 0 Å². The van der Waals surface area contributed by atoms with E-state index in [1.807, 2.05) is 49.5 Å². The molecule has 3 rings (SSSR count). The quantitative estimate of drug-likeness (QED) is 0.867. The second kappa shape index (κ2) is 8.83. The molecule has 0 bridgehead atoms. The fraction of sp³-hybridized carbons (Fsp3) is 0.381. The Morgan fingerprint density at radius 1 is 1.00 bits per heavy atom. The molecule has 1 aliphatic rings. The molecular formula is C21H28N4O. The predicted octanol–water partition coefficient (Wildman–Crippen LogP) is 2.51. The summed E-state index contributed by atoms with van der Waals surface area (Å²) in [6.07, 6.45) is 0. The molecule has 2 aromatic rings. The molecule has 1 heterocycles. The molecule has 2 aromatic carbocycles. The van der Waals surface area contributed by atoms with Gasteiger partial charge < -0.3 is 15.1 Å². The number of anilines is 2. The lowest BCUT2D eigenvalue weighted by atomic mass is 10.2. The van der Waals surface area contributed by atoms with Gasteiger partial charge in [0.1, 0.15) is 0 Å². The lowest BCUT2D eigenvalue weighted by Crippen LogP contribution is -2.48. The summed E-state index contributed by atoms with van der Waals surface area (Å²) >= 11 is 0. The Bertz CT molecular complexity index is 694. The Balaban J connectivity index is 1.51. The average molecular weight is 352 g/mol. The van der Waals surface area contributed by atoms with E-state index in [-0.39, 0.29) is 5.91 Å². The van der Waals surface area contributed by atoms with Gasteiger partial charge in [0.15, 0.2) is 0 Å². The summed E-state index contributed by atoms with van der Waals surface area (Å²) in [5.74, 6) is 0.138. The van der Waals surface area contributed by atoms with E-state index in [9.17, 15) is 4.79 Å². The number of piperazine rings is 1. The van der Waals surface area contributed by atoms with E-state index < -0.39 is 0 Å². The Hall–Kier alpha value is -2.37. The van der Waals surface area contributed by atoms with Gasteiger partial charge in [-0.25, -0.2) is 0 Å². The van der Waals surface area contributed by atoms with Crippen LogP contribution in [0.5, 0.6) is 0 Å².